The summed E-state index contributed by atoms with van der Waals surface area (Å²) in [5, 5.41) is 7.82. The van der Waals surface area contributed by atoms with Crippen LogP contribution in [-0.2, 0) is 13.0 Å². The fourth-order valence-electron chi connectivity index (χ4n) is 2.20. The van der Waals surface area contributed by atoms with Crippen LogP contribution in [0.2, 0.25) is 0 Å². The smallest absolute Gasteiger partial charge is 0.160 e. The second kappa shape index (κ2) is 5.28. The number of rotatable bonds is 4. The average molecular weight is 267 g/mol. The van der Waals surface area contributed by atoms with Gasteiger partial charge in [0.15, 0.2) is 5.65 Å². The number of anilines is 1. The number of aromatic nitrogens is 4. The summed E-state index contributed by atoms with van der Waals surface area (Å²) in [4.78, 5) is 8.69. The van der Waals surface area contributed by atoms with Crippen molar-refractivity contribution in [1.82, 2.24) is 19.6 Å². The zero-order valence-electron chi connectivity index (χ0n) is 11.7. The van der Waals surface area contributed by atoms with E-state index < -0.39 is 0 Å². The van der Waals surface area contributed by atoms with Gasteiger partial charge in [-0.1, -0.05) is 13.0 Å². The van der Waals surface area contributed by atoms with Crippen molar-refractivity contribution in [2.45, 2.75) is 26.8 Å². The van der Waals surface area contributed by atoms with Crippen LogP contribution in [0.5, 0.6) is 0 Å². The van der Waals surface area contributed by atoms with E-state index in [2.05, 4.69) is 27.3 Å². The molecule has 0 atom stereocenters. The van der Waals surface area contributed by atoms with Crippen LogP contribution in [0.1, 0.15) is 23.7 Å². The van der Waals surface area contributed by atoms with E-state index in [-0.39, 0.29) is 0 Å². The molecule has 0 aliphatic heterocycles. The van der Waals surface area contributed by atoms with Gasteiger partial charge in [-0.2, -0.15) is 9.61 Å². The summed E-state index contributed by atoms with van der Waals surface area (Å²) in [6.45, 7) is 4.83. The van der Waals surface area contributed by atoms with Gasteiger partial charge in [-0.15, -0.1) is 0 Å². The minimum Gasteiger partial charge on any atom is -0.366 e. The lowest BCUT2D eigenvalue weighted by Crippen LogP contribution is -2.07. The molecule has 0 unspecified atom stereocenters. The van der Waals surface area contributed by atoms with Gasteiger partial charge in [-0.25, -0.2) is 4.98 Å². The molecule has 3 rings (SSSR count). The molecule has 0 amide bonds. The highest BCUT2D eigenvalue weighted by atomic mass is 15.3. The molecule has 0 bridgehead atoms. The monoisotopic (exact) mass is 267 g/mol. The second-order valence-corrected chi connectivity index (χ2v) is 4.76. The van der Waals surface area contributed by atoms with Crippen molar-refractivity contribution in [1.29, 1.82) is 0 Å². The van der Waals surface area contributed by atoms with Crippen LogP contribution in [0.25, 0.3) is 5.65 Å². The largest absolute Gasteiger partial charge is 0.366 e. The lowest BCUT2D eigenvalue weighted by atomic mass is 10.2. The molecule has 0 aliphatic rings. The summed E-state index contributed by atoms with van der Waals surface area (Å²) in [6.07, 6.45) is 6.46. The van der Waals surface area contributed by atoms with Gasteiger partial charge in [0, 0.05) is 36.3 Å². The standard InChI is InChI=1S/C15H17N5/c1-3-13-10-18-20-14(7-11(2)19-15(13)20)17-9-12-5-4-6-16-8-12/h4-8,10,17H,3,9H2,1-2H3. The molecule has 0 aromatic carbocycles. The van der Waals surface area contributed by atoms with E-state index in [0.717, 1.165) is 34.7 Å². The van der Waals surface area contributed by atoms with E-state index >= 15 is 0 Å². The number of hydrogen-bond donors (Lipinski definition) is 1. The average Bonchev–Trinajstić information content (AvgIpc) is 2.88. The summed E-state index contributed by atoms with van der Waals surface area (Å²) in [5.74, 6) is 0.955. The highest BCUT2D eigenvalue weighted by Gasteiger charge is 2.08. The highest BCUT2D eigenvalue weighted by Crippen LogP contribution is 2.16. The Morgan fingerprint density at radius 2 is 2.20 bits per heavy atom. The predicted molar refractivity (Wildman–Crippen MR) is 78.7 cm³/mol. The van der Waals surface area contributed by atoms with Crippen LogP contribution in [0, 0.1) is 6.92 Å². The molecule has 0 aliphatic carbocycles. The van der Waals surface area contributed by atoms with E-state index in [1.807, 2.05) is 42.0 Å². The topological polar surface area (TPSA) is 55.1 Å². The number of aryl methyl sites for hydroxylation is 2. The van der Waals surface area contributed by atoms with E-state index in [4.69, 9.17) is 0 Å². The number of nitrogens with one attached hydrogen (secondary N) is 1. The van der Waals surface area contributed by atoms with Crippen LogP contribution >= 0.6 is 0 Å². The predicted octanol–water partition coefficient (Wildman–Crippen LogP) is 2.61. The van der Waals surface area contributed by atoms with Crippen molar-refractivity contribution in [2.24, 2.45) is 0 Å². The number of nitrogens with zero attached hydrogens (tertiary/aromatic N) is 4. The van der Waals surface area contributed by atoms with Crippen LogP contribution < -0.4 is 5.32 Å². The molecular formula is C15H17N5. The molecule has 0 spiro atoms. The van der Waals surface area contributed by atoms with Crippen molar-refractivity contribution < 1.29 is 0 Å². The van der Waals surface area contributed by atoms with Gasteiger partial charge in [-0.05, 0) is 25.0 Å². The summed E-state index contributed by atoms with van der Waals surface area (Å²) in [5.41, 5.74) is 4.22. The molecule has 102 valence electrons. The molecule has 5 heteroatoms. The molecular weight excluding hydrogens is 250 g/mol. The summed E-state index contributed by atoms with van der Waals surface area (Å²) >= 11 is 0. The molecule has 0 radical (unpaired) electrons. The Morgan fingerprint density at radius 1 is 1.30 bits per heavy atom. The molecule has 20 heavy (non-hydrogen) atoms. The van der Waals surface area contributed by atoms with Crippen molar-refractivity contribution >= 4 is 11.5 Å². The summed E-state index contributed by atoms with van der Waals surface area (Å²) in [7, 11) is 0. The quantitative estimate of drug-likeness (QED) is 0.789. The van der Waals surface area contributed by atoms with Gasteiger partial charge in [-0.3, -0.25) is 4.98 Å². The Hall–Kier alpha value is -2.43. The summed E-state index contributed by atoms with van der Waals surface area (Å²) < 4.78 is 1.86. The van der Waals surface area contributed by atoms with Crippen molar-refractivity contribution in [3.8, 4) is 0 Å². The van der Waals surface area contributed by atoms with Crippen LogP contribution in [0.15, 0.2) is 36.8 Å². The molecule has 3 aromatic rings. The van der Waals surface area contributed by atoms with Crippen molar-refractivity contribution in [3.63, 3.8) is 0 Å². The SMILES string of the molecule is CCc1cnn2c(NCc3cccnc3)cc(C)nc12. The Morgan fingerprint density at radius 3 is 2.95 bits per heavy atom. The van der Waals surface area contributed by atoms with Gasteiger partial charge >= 0.3 is 0 Å². The zero-order valence-corrected chi connectivity index (χ0v) is 11.7. The lowest BCUT2D eigenvalue weighted by molar-refractivity contribution is 0.915. The Labute approximate surface area is 117 Å². The zero-order chi connectivity index (χ0) is 13.9. The van der Waals surface area contributed by atoms with E-state index in [1.165, 1.54) is 0 Å². The van der Waals surface area contributed by atoms with E-state index in [0.29, 0.717) is 6.54 Å². The minimum atomic E-state index is 0.716. The molecule has 3 aromatic heterocycles. The molecule has 0 saturated carbocycles. The van der Waals surface area contributed by atoms with Gasteiger partial charge in [0.1, 0.15) is 5.82 Å². The lowest BCUT2D eigenvalue weighted by Gasteiger charge is -2.09. The van der Waals surface area contributed by atoms with E-state index in [9.17, 15) is 0 Å². The first kappa shape index (κ1) is 12.6. The Bertz CT molecular complexity index is 718. The molecule has 0 fully saturated rings. The third-order valence-electron chi connectivity index (χ3n) is 3.25. The summed E-state index contributed by atoms with van der Waals surface area (Å²) in [6, 6.07) is 6.00. The molecule has 3 heterocycles. The van der Waals surface area contributed by atoms with Crippen LogP contribution in [-0.4, -0.2) is 19.6 Å². The van der Waals surface area contributed by atoms with Gasteiger partial charge in [0.2, 0.25) is 0 Å². The highest BCUT2D eigenvalue weighted by molar-refractivity contribution is 5.54. The molecule has 0 saturated heterocycles. The first-order valence-corrected chi connectivity index (χ1v) is 6.75. The third-order valence-corrected chi connectivity index (χ3v) is 3.25. The van der Waals surface area contributed by atoms with Crippen molar-refractivity contribution in [3.05, 3.63) is 53.6 Å². The van der Waals surface area contributed by atoms with Crippen LogP contribution in [0.4, 0.5) is 5.82 Å². The maximum Gasteiger partial charge on any atom is 0.160 e. The number of pyridine rings is 1. The van der Waals surface area contributed by atoms with Gasteiger partial charge < -0.3 is 5.32 Å². The normalized spacial score (nSPS) is 10.9. The van der Waals surface area contributed by atoms with E-state index in [1.54, 1.807) is 6.20 Å². The Balaban J connectivity index is 1.93. The number of hydrogen-bond acceptors (Lipinski definition) is 4. The van der Waals surface area contributed by atoms with Crippen molar-refractivity contribution in [2.75, 3.05) is 5.32 Å². The van der Waals surface area contributed by atoms with Gasteiger partial charge in [0.05, 0.1) is 6.20 Å². The minimum absolute atomic E-state index is 0.716. The second-order valence-electron chi connectivity index (χ2n) is 4.76. The maximum atomic E-state index is 4.57. The van der Waals surface area contributed by atoms with Crippen LogP contribution in [0.3, 0.4) is 0 Å². The number of fused-ring (bicyclic) bond motifs is 1. The first-order valence-electron chi connectivity index (χ1n) is 6.75. The first-order chi connectivity index (χ1) is 9.78. The Kier molecular flexibility index (Phi) is 3.33. The fourth-order valence-corrected chi connectivity index (χ4v) is 2.20. The maximum absolute atomic E-state index is 4.57. The molecule has 1 N–H and O–H groups in total. The molecule has 5 nitrogen and oxygen atoms in total. The third kappa shape index (κ3) is 2.34. The van der Waals surface area contributed by atoms with Gasteiger partial charge in [0.25, 0.3) is 0 Å². The fraction of sp³-hybridized carbons (Fsp3) is 0.267.